The number of fused-ring (bicyclic) bond motifs is 1. The molecule has 2 N–H and O–H groups in total. The lowest BCUT2D eigenvalue weighted by molar-refractivity contribution is -0.120. The van der Waals surface area contributed by atoms with Gasteiger partial charge in [0.1, 0.15) is 16.2 Å². The van der Waals surface area contributed by atoms with Crippen molar-refractivity contribution in [2.45, 2.75) is 86.9 Å². The second-order valence-corrected chi connectivity index (χ2v) is 10.6. The van der Waals surface area contributed by atoms with Crippen LogP contribution in [0.1, 0.15) is 82.5 Å². The molecule has 2 heterocycles. The van der Waals surface area contributed by atoms with Gasteiger partial charge in [0, 0.05) is 18.5 Å². The largest absolute Gasteiger partial charge is 0.355 e. The quantitative estimate of drug-likeness (QED) is 0.503. The number of carbonyl (C=O) groups is 1. The predicted octanol–water partition coefficient (Wildman–Crippen LogP) is 2.87. The van der Waals surface area contributed by atoms with Gasteiger partial charge in [-0.05, 0) is 51.4 Å². The van der Waals surface area contributed by atoms with E-state index in [2.05, 4.69) is 20.3 Å². The first kappa shape index (κ1) is 20.7. The first-order chi connectivity index (χ1) is 15.0. The lowest BCUT2D eigenvalue weighted by Crippen LogP contribution is -2.35. The van der Waals surface area contributed by atoms with Crippen LogP contribution in [0.5, 0.6) is 0 Å². The Hall–Kier alpha value is -2.16. The molecule has 0 aliphatic heterocycles. The number of carbonyl (C=O) groups excluding carboxylic acids is 1. The Morgan fingerprint density at radius 1 is 1.13 bits per heavy atom. The molecular formula is C22H29N5O3S. The zero-order valence-corrected chi connectivity index (χ0v) is 18.7. The van der Waals surface area contributed by atoms with E-state index in [0.29, 0.717) is 34.3 Å². The number of H-pyrrole nitrogens is 1. The Balaban J connectivity index is 1.43. The van der Waals surface area contributed by atoms with Crippen molar-refractivity contribution in [3.63, 3.8) is 0 Å². The molecule has 1 amide bonds. The molecule has 0 unspecified atom stereocenters. The molecule has 1 atom stereocenters. The van der Waals surface area contributed by atoms with Gasteiger partial charge in [-0.15, -0.1) is 0 Å². The van der Waals surface area contributed by atoms with Gasteiger partial charge >= 0.3 is 5.69 Å². The normalized spacial score (nSPS) is 20.7. The van der Waals surface area contributed by atoms with Gasteiger partial charge in [-0.3, -0.25) is 19.1 Å². The van der Waals surface area contributed by atoms with Crippen LogP contribution in [0.25, 0.3) is 11.0 Å². The molecule has 8 nitrogen and oxygen atoms in total. The fourth-order valence-electron chi connectivity index (χ4n) is 4.42. The van der Waals surface area contributed by atoms with E-state index >= 15 is 0 Å². The molecule has 166 valence electrons. The van der Waals surface area contributed by atoms with Gasteiger partial charge in [0.25, 0.3) is 5.56 Å². The minimum Gasteiger partial charge on any atom is -0.355 e. The molecule has 2 aromatic heterocycles. The zero-order chi connectivity index (χ0) is 21.5. The summed E-state index contributed by atoms with van der Waals surface area (Å²) >= 11 is 1.29. The van der Waals surface area contributed by atoms with Crippen molar-refractivity contribution < 1.29 is 4.79 Å². The first-order valence-electron chi connectivity index (χ1n) is 11.5. The molecule has 9 heteroatoms. The average molecular weight is 444 g/mol. The smallest absolute Gasteiger partial charge is 0.330 e. The summed E-state index contributed by atoms with van der Waals surface area (Å²) in [5.74, 6) is 1.49. The highest BCUT2D eigenvalue weighted by Gasteiger charge is 2.33. The molecule has 5 rings (SSSR count). The number of amides is 1. The van der Waals surface area contributed by atoms with Crippen LogP contribution in [0.15, 0.2) is 14.6 Å². The van der Waals surface area contributed by atoms with E-state index in [-0.39, 0.29) is 17.9 Å². The van der Waals surface area contributed by atoms with Gasteiger partial charge in [0.2, 0.25) is 5.91 Å². The standard InChI is InChI=1S/C22H29N5O3S/c1-12(19(28)23-11-13-5-3-2-4-6-13)31-21-16-18(24-17(25-21)14-7-8-14)27(15-9-10-15)22(30)26-20(16)29/h12-15H,2-11H2,1H3,(H,23,28)(H,26,29,30)/t12-/m1/s1. The van der Waals surface area contributed by atoms with Crippen LogP contribution in [0.3, 0.4) is 0 Å². The van der Waals surface area contributed by atoms with Gasteiger partial charge in [-0.1, -0.05) is 31.0 Å². The average Bonchev–Trinajstić information content (AvgIpc) is 3.65. The Kier molecular flexibility index (Phi) is 5.62. The minimum absolute atomic E-state index is 0.0396. The van der Waals surface area contributed by atoms with Crippen molar-refractivity contribution >= 4 is 28.7 Å². The topological polar surface area (TPSA) is 110 Å². The first-order valence-corrected chi connectivity index (χ1v) is 12.4. The van der Waals surface area contributed by atoms with Crippen molar-refractivity contribution in [1.29, 1.82) is 0 Å². The lowest BCUT2D eigenvalue weighted by Gasteiger charge is -2.22. The lowest BCUT2D eigenvalue weighted by atomic mass is 9.89. The van der Waals surface area contributed by atoms with Crippen LogP contribution in [0.2, 0.25) is 0 Å². The molecule has 3 aliphatic rings. The summed E-state index contributed by atoms with van der Waals surface area (Å²) in [6.45, 7) is 2.56. The summed E-state index contributed by atoms with van der Waals surface area (Å²) < 4.78 is 1.61. The van der Waals surface area contributed by atoms with Crippen LogP contribution >= 0.6 is 11.8 Å². The summed E-state index contributed by atoms with van der Waals surface area (Å²) in [6, 6.07) is 0.0860. The maximum atomic E-state index is 12.8. The highest BCUT2D eigenvalue weighted by Crippen LogP contribution is 2.41. The van der Waals surface area contributed by atoms with Crippen LogP contribution in [-0.2, 0) is 4.79 Å². The number of aromatic amines is 1. The third-order valence-corrected chi connectivity index (χ3v) is 7.66. The van der Waals surface area contributed by atoms with E-state index in [1.165, 1.54) is 43.9 Å². The van der Waals surface area contributed by atoms with Crippen molar-refractivity contribution in [3.05, 3.63) is 26.7 Å². The van der Waals surface area contributed by atoms with Gasteiger partial charge in [-0.2, -0.15) is 0 Å². The van der Waals surface area contributed by atoms with E-state index in [4.69, 9.17) is 0 Å². The molecule has 0 radical (unpaired) electrons. The Morgan fingerprint density at radius 3 is 2.55 bits per heavy atom. The molecular weight excluding hydrogens is 414 g/mol. The monoisotopic (exact) mass is 443 g/mol. The van der Waals surface area contributed by atoms with Crippen LogP contribution in [0, 0.1) is 5.92 Å². The summed E-state index contributed by atoms with van der Waals surface area (Å²) in [4.78, 5) is 49.8. The van der Waals surface area contributed by atoms with Crippen LogP contribution < -0.4 is 16.6 Å². The Morgan fingerprint density at radius 2 is 1.87 bits per heavy atom. The molecule has 0 saturated heterocycles. The second-order valence-electron chi connectivity index (χ2n) is 9.23. The molecule has 3 fully saturated rings. The Bertz CT molecular complexity index is 1110. The van der Waals surface area contributed by atoms with Gasteiger partial charge in [0.05, 0.1) is 5.25 Å². The van der Waals surface area contributed by atoms with E-state index in [1.807, 2.05) is 6.92 Å². The van der Waals surface area contributed by atoms with Crippen molar-refractivity contribution in [1.82, 2.24) is 24.8 Å². The number of nitrogens with one attached hydrogen (secondary N) is 2. The summed E-state index contributed by atoms with van der Waals surface area (Å²) in [5.41, 5.74) is -0.461. The molecule has 31 heavy (non-hydrogen) atoms. The number of nitrogens with zero attached hydrogens (tertiary/aromatic N) is 3. The number of hydrogen-bond donors (Lipinski definition) is 2. The summed E-state index contributed by atoms with van der Waals surface area (Å²) in [6.07, 6.45) is 9.99. The van der Waals surface area contributed by atoms with Crippen molar-refractivity contribution in [2.75, 3.05) is 6.54 Å². The van der Waals surface area contributed by atoms with Crippen molar-refractivity contribution in [3.8, 4) is 0 Å². The highest BCUT2D eigenvalue weighted by atomic mass is 32.2. The molecule has 2 aromatic rings. The fourth-order valence-corrected chi connectivity index (χ4v) is 5.39. The number of thioether (sulfide) groups is 1. The number of rotatable bonds is 7. The van der Waals surface area contributed by atoms with E-state index in [0.717, 1.165) is 25.7 Å². The molecule has 0 bridgehead atoms. The summed E-state index contributed by atoms with van der Waals surface area (Å²) in [5, 5.41) is 3.52. The van der Waals surface area contributed by atoms with Gasteiger partial charge in [0.15, 0.2) is 5.65 Å². The van der Waals surface area contributed by atoms with Gasteiger partial charge in [-0.25, -0.2) is 14.8 Å². The number of hydrogen-bond acceptors (Lipinski definition) is 6. The van der Waals surface area contributed by atoms with E-state index in [9.17, 15) is 14.4 Å². The molecule has 3 saturated carbocycles. The van der Waals surface area contributed by atoms with Crippen LogP contribution in [0.4, 0.5) is 0 Å². The van der Waals surface area contributed by atoms with Crippen molar-refractivity contribution in [2.24, 2.45) is 5.92 Å². The second kappa shape index (κ2) is 8.41. The van der Waals surface area contributed by atoms with E-state index < -0.39 is 16.5 Å². The van der Waals surface area contributed by atoms with E-state index in [1.54, 1.807) is 4.57 Å². The fraction of sp³-hybridized carbons (Fsp3) is 0.682. The predicted molar refractivity (Wildman–Crippen MR) is 120 cm³/mol. The maximum Gasteiger partial charge on any atom is 0.330 e. The SMILES string of the molecule is C[C@@H](Sc1nc(C2CC2)nc2c1c(=O)[nH]c(=O)n2C1CC1)C(=O)NCC1CCCCC1. The molecule has 0 spiro atoms. The third kappa shape index (κ3) is 4.42. The summed E-state index contributed by atoms with van der Waals surface area (Å²) in [7, 11) is 0. The number of aromatic nitrogens is 4. The van der Waals surface area contributed by atoms with Crippen LogP contribution in [-0.4, -0.2) is 37.2 Å². The maximum absolute atomic E-state index is 12.8. The molecule has 3 aliphatic carbocycles. The molecule has 0 aromatic carbocycles. The zero-order valence-electron chi connectivity index (χ0n) is 17.9. The van der Waals surface area contributed by atoms with Gasteiger partial charge < -0.3 is 5.32 Å². The highest BCUT2D eigenvalue weighted by molar-refractivity contribution is 8.00. The third-order valence-electron chi connectivity index (χ3n) is 6.57. The minimum atomic E-state index is -0.475. The Labute approximate surface area is 184 Å².